The van der Waals surface area contributed by atoms with Gasteiger partial charge >= 0.3 is 0 Å². The normalized spacial score (nSPS) is 13.0. The number of para-hydroxylation sites is 2. The molecule has 0 fully saturated rings. The summed E-state index contributed by atoms with van der Waals surface area (Å²) in [5, 5.41) is 15.0. The zero-order chi connectivity index (χ0) is 22.1. The molecule has 0 spiro atoms. The van der Waals surface area contributed by atoms with Crippen LogP contribution in [0.3, 0.4) is 0 Å². The van der Waals surface area contributed by atoms with Crippen LogP contribution in [0.4, 0.5) is 11.4 Å². The van der Waals surface area contributed by atoms with Gasteiger partial charge in [-0.15, -0.1) is 11.3 Å². The minimum absolute atomic E-state index is 0.00677. The highest BCUT2D eigenvalue weighted by Gasteiger charge is 2.24. The fourth-order valence-electron chi connectivity index (χ4n) is 3.75. The molecule has 0 radical (unpaired) electrons. The molecule has 0 saturated heterocycles. The second kappa shape index (κ2) is 8.80. The van der Waals surface area contributed by atoms with Crippen LogP contribution in [0.1, 0.15) is 30.7 Å². The monoisotopic (exact) mass is 458 g/mol. The first-order valence-electron chi connectivity index (χ1n) is 10.1. The van der Waals surface area contributed by atoms with E-state index >= 15 is 0 Å². The summed E-state index contributed by atoms with van der Waals surface area (Å²) in [6, 6.07) is 6.01. The van der Waals surface area contributed by atoms with Gasteiger partial charge in [0.25, 0.3) is 11.2 Å². The summed E-state index contributed by atoms with van der Waals surface area (Å²) in [6.45, 7) is 4.58. The standard InChI is InChI=1S/C21H22N4O4S2/c1-12(2)10-24-20(27)18-13-6-5-9-16(13)31-19(18)23-21(24)30-11-17(26)22-14-7-3-4-8-15(14)25(28)29/h3-4,7-8,12H,5-6,9-11H2,1-2H3,(H,22,26). The number of amides is 1. The summed E-state index contributed by atoms with van der Waals surface area (Å²) in [4.78, 5) is 43.1. The lowest BCUT2D eigenvalue weighted by molar-refractivity contribution is -0.383. The summed E-state index contributed by atoms with van der Waals surface area (Å²) in [6.07, 6.45) is 2.97. The van der Waals surface area contributed by atoms with Crippen molar-refractivity contribution in [1.29, 1.82) is 0 Å². The van der Waals surface area contributed by atoms with Crippen molar-refractivity contribution in [2.24, 2.45) is 5.92 Å². The SMILES string of the molecule is CC(C)Cn1c(SCC(=O)Nc2ccccc2[N+](=O)[O-])nc2sc3c(c2c1=O)CCC3. The van der Waals surface area contributed by atoms with Crippen molar-refractivity contribution in [1.82, 2.24) is 9.55 Å². The Morgan fingerprint density at radius 2 is 2.13 bits per heavy atom. The molecule has 1 aliphatic rings. The lowest BCUT2D eigenvalue weighted by atomic mass is 10.2. The number of aryl methyl sites for hydroxylation is 2. The highest BCUT2D eigenvalue weighted by Crippen LogP contribution is 2.35. The Morgan fingerprint density at radius 1 is 1.35 bits per heavy atom. The lowest BCUT2D eigenvalue weighted by Gasteiger charge is -2.14. The number of aromatic nitrogens is 2. The fraction of sp³-hybridized carbons (Fsp3) is 0.381. The molecule has 2 heterocycles. The zero-order valence-electron chi connectivity index (χ0n) is 17.2. The van der Waals surface area contributed by atoms with E-state index in [0.29, 0.717) is 11.7 Å². The highest BCUT2D eigenvalue weighted by atomic mass is 32.2. The predicted molar refractivity (Wildman–Crippen MR) is 123 cm³/mol. The maximum Gasteiger partial charge on any atom is 0.292 e. The number of carbonyl (C=O) groups is 1. The van der Waals surface area contributed by atoms with Gasteiger partial charge in [0.15, 0.2) is 5.16 Å². The number of nitrogens with one attached hydrogen (secondary N) is 1. The Balaban J connectivity index is 1.60. The van der Waals surface area contributed by atoms with Gasteiger partial charge in [-0.2, -0.15) is 0 Å². The molecule has 0 atom stereocenters. The first-order chi connectivity index (χ1) is 14.8. The van der Waals surface area contributed by atoms with Crippen molar-refractivity contribution in [2.45, 2.75) is 44.8 Å². The molecule has 162 valence electrons. The molecule has 1 aliphatic carbocycles. The summed E-state index contributed by atoms with van der Waals surface area (Å²) in [5.74, 6) is -0.158. The molecule has 1 aromatic carbocycles. The Labute approximate surface area is 186 Å². The summed E-state index contributed by atoms with van der Waals surface area (Å²) in [5.41, 5.74) is 1.08. The number of anilines is 1. The Kier molecular flexibility index (Phi) is 6.10. The van der Waals surface area contributed by atoms with Gasteiger partial charge in [0.1, 0.15) is 10.5 Å². The number of thioether (sulfide) groups is 1. The van der Waals surface area contributed by atoms with Crippen LogP contribution in [0.15, 0.2) is 34.2 Å². The van der Waals surface area contributed by atoms with E-state index in [2.05, 4.69) is 5.32 Å². The molecule has 3 aromatic rings. The van der Waals surface area contributed by atoms with Crippen molar-refractivity contribution in [3.05, 3.63) is 55.2 Å². The molecule has 2 aromatic heterocycles. The minimum atomic E-state index is -0.533. The van der Waals surface area contributed by atoms with Gasteiger partial charge in [0.05, 0.1) is 16.1 Å². The number of nitro groups is 1. The Morgan fingerprint density at radius 3 is 2.87 bits per heavy atom. The smallest absolute Gasteiger partial charge is 0.292 e. The van der Waals surface area contributed by atoms with Crippen LogP contribution in [-0.2, 0) is 24.2 Å². The van der Waals surface area contributed by atoms with Crippen molar-refractivity contribution in [3.63, 3.8) is 0 Å². The largest absolute Gasteiger partial charge is 0.320 e. The Hall–Kier alpha value is -2.72. The highest BCUT2D eigenvalue weighted by molar-refractivity contribution is 7.99. The third-order valence-corrected chi connectivity index (χ3v) is 7.21. The molecular formula is C21H22N4O4S2. The van der Waals surface area contributed by atoms with Crippen molar-refractivity contribution < 1.29 is 9.72 Å². The number of nitrogens with zero attached hydrogens (tertiary/aromatic N) is 3. The van der Waals surface area contributed by atoms with Crippen LogP contribution in [0, 0.1) is 16.0 Å². The van der Waals surface area contributed by atoms with Gasteiger partial charge in [-0.1, -0.05) is 37.7 Å². The summed E-state index contributed by atoms with van der Waals surface area (Å²) in [7, 11) is 0. The van der Waals surface area contributed by atoms with E-state index in [9.17, 15) is 19.7 Å². The molecule has 8 nitrogen and oxygen atoms in total. The van der Waals surface area contributed by atoms with Crippen LogP contribution in [-0.4, -0.2) is 26.1 Å². The summed E-state index contributed by atoms with van der Waals surface area (Å²) < 4.78 is 1.67. The topological polar surface area (TPSA) is 107 Å². The number of carbonyl (C=O) groups excluding carboxylic acids is 1. The van der Waals surface area contributed by atoms with Gasteiger partial charge in [0, 0.05) is 17.5 Å². The first-order valence-corrected chi connectivity index (χ1v) is 11.9. The molecule has 0 unspecified atom stereocenters. The van der Waals surface area contributed by atoms with Gasteiger partial charge in [0.2, 0.25) is 5.91 Å². The van der Waals surface area contributed by atoms with Gasteiger partial charge in [-0.05, 0) is 36.8 Å². The number of rotatable bonds is 7. The molecule has 1 N–H and O–H groups in total. The van der Waals surface area contributed by atoms with E-state index in [4.69, 9.17) is 4.98 Å². The quantitative estimate of drug-likeness (QED) is 0.246. The molecule has 10 heteroatoms. The molecule has 0 bridgehead atoms. The van der Waals surface area contributed by atoms with E-state index in [-0.39, 0.29) is 28.6 Å². The number of nitro benzene ring substituents is 1. The van der Waals surface area contributed by atoms with E-state index in [1.54, 1.807) is 28.0 Å². The maximum absolute atomic E-state index is 13.3. The number of fused-ring (bicyclic) bond motifs is 3. The third-order valence-electron chi connectivity index (χ3n) is 5.04. The molecule has 0 aliphatic heterocycles. The van der Waals surface area contributed by atoms with Crippen molar-refractivity contribution >= 4 is 50.6 Å². The number of hydrogen-bond acceptors (Lipinski definition) is 7. The van der Waals surface area contributed by atoms with Crippen LogP contribution < -0.4 is 10.9 Å². The maximum atomic E-state index is 13.3. The minimum Gasteiger partial charge on any atom is -0.320 e. The van der Waals surface area contributed by atoms with Gasteiger partial charge in [-0.25, -0.2) is 4.98 Å². The molecule has 31 heavy (non-hydrogen) atoms. The lowest BCUT2D eigenvalue weighted by Crippen LogP contribution is -2.26. The van der Waals surface area contributed by atoms with Crippen LogP contribution in [0.5, 0.6) is 0 Å². The number of hydrogen-bond donors (Lipinski definition) is 1. The van der Waals surface area contributed by atoms with Crippen molar-refractivity contribution in [3.8, 4) is 0 Å². The first kappa shape index (κ1) is 21.5. The van der Waals surface area contributed by atoms with Gasteiger partial charge in [-0.3, -0.25) is 24.3 Å². The number of benzene rings is 1. The second-order valence-electron chi connectivity index (χ2n) is 7.85. The van der Waals surface area contributed by atoms with Crippen molar-refractivity contribution in [2.75, 3.05) is 11.1 Å². The fourth-order valence-corrected chi connectivity index (χ4v) is 5.86. The summed E-state index contributed by atoms with van der Waals surface area (Å²) >= 11 is 2.75. The third kappa shape index (κ3) is 4.35. The van der Waals surface area contributed by atoms with E-state index in [1.807, 2.05) is 13.8 Å². The predicted octanol–water partition coefficient (Wildman–Crippen LogP) is 4.24. The zero-order valence-corrected chi connectivity index (χ0v) is 18.8. The van der Waals surface area contributed by atoms with Crippen LogP contribution in [0.25, 0.3) is 10.2 Å². The average molecular weight is 459 g/mol. The van der Waals surface area contributed by atoms with Crippen LogP contribution in [0.2, 0.25) is 0 Å². The van der Waals surface area contributed by atoms with E-state index in [1.165, 1.54) is 28.8 Å². The Bertz CT molecular complexity index is 1230. The molecule has 4 rings (SSSR count). The average Bonchev–Trinajstić information content (AvgIpc) is 3.29. The van der Waals surface area contributed by atoms with Crippen LogP contribution >= 0.6 is 23.1 Å². The van der Waals surface area contributed by atoms with Gasteiger partial charge < -0.3 is 5.32 Å². The molecule has 0 saturated carbocycles. The van der Waals surface area contributed by atoms with E-state index < -0.39 is 10.8 Å². The number of thiophene rings is 1. The molecule has 1 amide bonds. The van der Waals surface area contributed by atoms with E-state index in [0.717, 1.165) is 35.0 Å². The second-order valence-corrected chi connectivity index (χ2v) is 9.88. The molecular weight excluding hydrogens is 436 g/mol.